The SMILES string of the molecule is N#CSc1ccc(NC(=O)CN2CC(=O)Oc3ccccc32)cc1. The van der Waals surface area contributed by atoms with Crippen LogP contribution in [0.2, 0.25) is 0 Å². The molecule has 7 heteroatoms. The van der Waals surface area contributed by atoms with Gasteiger partial charge in [-0.2, -0.15) is 5.26 Å². The summed E-state index contributed by atoms with van der Waals surface area (Å²) in [5, 5.41) is 13.4. The smallest absolute Gasteiger partial charge is 0.331 e. The second-order valence-corrected chi connectivity index (χ2v) is 5.92. The number of carbonyl (C=O) groups excluding carboxylic acids is 2. The minimum absolute atomic E-state index is 0.0299. The highest BCUT2D eigenvalue weighted by molar-refractivity contribution is 8.03. The lowest BCUT2D eigenvalue weighted by molar-refractivity contribution is -0.133. The van der Waals surface area contributed by atoms with Crippen LogP contribution in [0.4, 0.5) is 11.4 Å². The number of thioether (sulfide) groups is 1. The molecule has 0 saturated carbocycles. The maximum atomic E-state index is 12.2. The monoisotopic (exact) mass is 339 g/mol. The van der Waals surface area contributed by atoms with Crippen LogP contribution in [0.15, 0.2) is 53.4 Å². The number of fused-ring (bicyclic) bond motifs is 1. The van der Waals surface area contributed by atoms with E-state index in [1.807, 2.05) is 17.5 Å². The van der Waals surface area contributed by atoms with Crippen LogP contribution in [0.25, 0.3) is 0 Å². The van der Waals surface area contributed by atoms with Gasteiger partial charge in [-0.15, -0.1) is 0 Å². The average Bonchev–Trinajstić information content (AvgIpc) is 2.57. The van der Waals surface area contributed by atoms with Crippen LogP contribution >= 0.6 is 11.8 Å². The van der Waals surface area contributed by atoms with Gasteiger partial charge in [0.2, 0.25) is 5.91 Å². The summed E-state index contributed by atoms with van der Waals surface area (Å²) in [6, 6.07) is 14.1. The molecular weight excluding hydrogens is 326 g/mol. The molecule has 24 heavy (non-hydrogen) atoms. The lowest BCUT2D eigenvalue weighted by Crippen LogP contribution is -2.41. The maximum Gasteiger partial charge on any atom is 0.331 e. The summed E-state index contributed by atoms with van der Waals surface area (Å²) < 4.78 is 5.16. The fourth-order valence-electron chi connectivity index (χ4n) is 2.37. The normalized spacial score (nSPS) is 12.8. The number of nitrogens with zero attached hydrogens (tertiary/aromatic N) is 2. The van der Waals surface area contributed by atoms with Gasteiger partial charge in [0, 0.05) is 10.6 Å². The lowest BCUT2D eigenvalue weighted by atomic mass is 10.2. The van der Waals surface area contributed by atoms with Gasteiger partial charge in [-0.05, 0) is 48.2 Å². The van der Waals surface area contributed by atoms with Gasteiger partial charge in [0.15, 0.2) is 5.75 Å². The third-order valence-electron chi connectivity index (χ3n) is 3.39. The van der Waals surface area contributed by atoms with E-state index in [4.69, 9.17) is 10.00 Å². The summed E-state index contributed by atoms with van der Waals surface area (Å²) in [7, 11) is 0. The first-order valence-corrected chi connectivity index (χ1v) is 7.98. The number of para-hydroxylation sites is 2. The molecule has 1 aliphatic rings. The van der Waals surface area contributed by atoms with E-state index in [-0.39, 0.29) is 25.0 Å². The molecule has 3 rings (SSSR count). The molecule has 0 spiro atoms. The lowest BCUT2D eigenvalue weighted by Gasteiger charge is -2.29. The van der Waals surface area contributed by atoms with Gasteiger partial charge in [0.05, 0.1) is 12.2 Å². The third kappa shape index (κ3) is 3.67. The number of hydrogen-bond acceptors (Lipinski definition) is 6. The topological polar surface area (TPSA) is 82.4 Å². The number of hydrogen-bond donors (Lipinski definition) is 1. The number of anilines is 2. The Kier molecular flexibility index (Phi) is 4.68. The summed E-state index contributed by atoms with van der Waals surface area (Å²) >= 11 is 1.06. The molecule has 120 valence electrons. The second-order valence-electron chi connectivity index (χ2n) is 5.06. The molecule has 1 amide bonds. The number of carbonyl (C=O) groups is 2. The average molecular weight is 339 g/mol. The van der Waals surface area contributed by atoms with Gasteiger partial charge >= 0.3 is 5.97 Å². The van der Waals surface area contributed by atoms with Gasteiger partial charge in [0.1, 0.15) is 11.9 Å². The molecule has 0 unspecified atom stereocenters. The van der Waals surface area contributed by atoms with Crippen molar-refractivity contribution < 1.29 is 14.3 Å². The van der Waals surface area contributed by atoms with Crippen molar-refractivity contribution in [3.8, 4) is 11.2 Å². The Balaban J connectivity index is 1.67. The standard InChI is InChI=1S/C17H13N3O3S/c18-11-24-13-7-5-12(6-8-13)19-16(21)9-20-10-17(22)23-15-4-2-1-3-14(15)20/h1-8H,9-10H2,(H,19,21). The van der Waals surface area contributed by atoms with E-state index in [1.165, 1.54) is 0 Å². The fraction of sp³-hybridized carbons (Fsp3) is 0.118. The Morgan fingerprint density at radius 3 is 2.75 bits per heavy atom. The van der Waals surface area contributed by atoms with Crippen molar-refractivity contribution in [2.45, 2.75) is 4.90 Å². The second kappa shape index (κ2) is 7.06. The number of esters is 1. The number of amides is 1. The zero-order valence-electron chi connectivity index (χ0n) is 12.6. The Labute approximate surface area is 143 Å². The molecule has 1 aliphatic heterocycles. The Hall–Kier alpha value is -2.98. The number of rotatable bonds is 4. The zero-order valence-corrected chi connectivity index (χ0v) is 13.4. The Morgan fingerprint density at radius 2 is 2.00 bits per heavy atom. The van der Waals surface area contributed by atoms with Crippen LogP contribution in [0.3, 0.4) is 0 Å². The molecule has 0 fully saturated rings. The molecule has 1 heterocycles. The summed E-state index contributed by atoms with van der Waals surface area (Å²) in [6.07, 6.45) is 0. The molecule has 6 nitrogen and oxygen atoms in total. The molecule has 0 saturated heterocycles. The zero-order chi connectivity index (χ0) is 16.9. The largest absolute Gasteiger partial charge is 0.423 e. The summed E-state index contributed by atoms with van der Waals surface area (Å²) in [5.74, 6) is -0.168. The highest BCUT2D eigenvalue weighted by Gasteiger charge is 2.25. The van der Waals surface area contributed by atoms with E-state index in [0.717, 1.165) is 16.7 Å². The van der Waals surface area contributed by atoms with Crippen LogP contribution in [0.5, 0.6) is 5.75 Å². The molecular formula is C17H13N3O3S. The van der Waals surface area contributed by atoms with Crippen LogP contribution in [-0.2, 0) is 9.59 Å². The highest BCUT2D eigenvalue weighted by atomic mass is 32.2. The van der Waals surface area contributed by atoms with Crippen molar-refractivity contribution in [2.75, 3.05) is 23.3 Å². The molecule has 0 aromatic heterocycles. The summed E-state index contributed by atoms with van der Waals surface area (Å²) in [6.45, 7) is 0.0724. The van der Waals surface area contributed by atoms with E-state index < -0.39 is 0 Å². The van der Waals surface area contributed by atoms with Gasteiger partial charge < -0.3 is 15.0 Å². The first-order valence-electron chi connectivity index (χ1n) is 7.16. The number of nitrogens with one attached hydrogen (secondary N) is 1. The summed E-state index contributed by atoms with van der Waals surface area (Å²) in [5.41, 5.74) is 1.35. The van der Waals surface area contributed by atoms with Crippen LogP contribution in [0.1, 0.15) is 0 Å². The van der Waals surface area contributed by atoms with Crippen molar-refractivity contribution in [1.29, 1.82) is 5.26 Å². The number of ether oxygens (including phenoxy) is 1. The van der Waals surface area contributed by atoms with E-state index in [0.29, 0.717) is 17.1 Å². The van der Waals surface area contributed by atoms with E-state index in [1.54, 1.807) is 41.3 Å². The van der Waals surface area contributed by atoms with Gasteiger partial charge in [-0.3, -0.25) is 4.79 Å². The van der Waals surface area contributed by atoms with Crippen molar-refractivity contribution in [3.63, 3.8) is 0 Å². The van der Waals surface area contributed by atoms with E-state index >= 15 is 0 Å². The number of thiocyanates is 1. The molecule has 0 aliphatic carbocycles. The highest BCUT2D eigenvalue weighted by Crippen LogP contribution is 2.31. The first kappa shape index (κ1) is 15.9. The van der Waals surface area contributed by atoms with Gasteiger partial charge in [-0.1, -0.05) is 12.1 Å². The van der Waals surface area contributed by atoms with Crippen molar-refractivity contribution in [1.82, 2.24) is 0 Å². The predicted octanol–water partition coefficient (Wildman–Crippen LogP) is 2.62. The fourth-order valence-corrected chi connectivity index (χ4v) is 2.75. The maximum absolute atomic E-state index is 12.2. The van der Waals surface area contributed by atoms with Gasteiger partial charge in [-0.25, -0.2) is 4.79 Å². The molecule has 2 aromatic carbocycles. The summed E-state index contributed by atoms with van der Waals surface area (Å²) in [4.78, 5) is 26.4. The quantitative estimate of drug-likeness (QED) is 0.399. The van der Waals surface area contributed by atoms with Crippen LogP contribution < -0.4 is 15.0 Å². The Morgan fingerprint density at radius 1 is 1.25 bits per heavy atom. The minimum atomic E-state index is -0.389. The van der Waals surface area contributed by atoms with Crippen molar-refractivity contribution in [3.05, 3.63) is 48.5 Å². The molecule has 1 N–H and O–H groups in total. The van der Waals surface area contributed by atoms with Crippen molar-refractivity contribution in [2.24, 2.45) is 0 Å². The van der Waals surface area contributed by atoms with E-state index in [2.05, 4.69) is 5.32 Å². The third-order valence-corrected chi connectivity index (χ3v) is 3.98. The molecule has 0 atom stereocenters. The van der Waals surface area contributed by atoms with E-state index in [9.17, 15) is 9.59 Å². The molecule has 0 bridgehead atoms. The van der Waals surface area contributed by atoms with Crippen LogP contribution in [-0.4, -0.2) is 25.0 Å². The molecule has 0 radical (unpaired) electrons. The Bertz CT molecular complexity index is 815. The number of nitriles is 1. The predicted molar refractivity (Wildman–Crippen MR) is 90.8 cm³/mol. The van der Waals surface area contributed by atoms with Gasteiger partial charge in [0.25, 0.3) is 0 Å². The van der Waals surface area contributed by atoms with Crippen LogP contribution in [0, 0.1) is 10.7 Å². The number of benzene rings is 2. The minimum Gasteiger partial charge on any atom is -0.423 e. The first-order chi connectivity index (χ1) is 11.7. The van der Waals surface area contributed by atoms with Crippen molar-refractivity contribution >= 4 is 35.0 Å². The molecule has 2 aromatic rings.